The minimum absolute atomic E-state index is 1.25. The third-order valence-corrected chi connectivity index (χ3v) is 1.13. The van der Waals surface area contributed by atoms with Gasteiger partial charge in [0.05, 0.1) is 0 Å². The van der Waals surface area contributed by atoms with Gasteiger partial charge in [0.25, 0.3) is 0 Å². The minimum Gasteiger partial charge on any atom is -0.379 e. The summed E-state index contributed by atoms with van der Waals surface area (Å²) in [6.45, 7) is 0. The molecule has 0 fully saturated rings. The zero-order valence-corrected chi connectivity index (χ0v) is 7.97. The summed E-state index contributed by atoms with van der Waals surface area (Å²) in [6, 6.07) is 11.4. The van der Waals surface area contributed by atoms with E-state index in [1.165, 1.54) is 5.34 Å². The summed E-state index contributed by atoms with van der Waals surface area (Å²) in [5.41, 5.74) is 0. The molecular formula is C10H11N3O2. The molecule has 0 unspecified atom stereocenters. The van der Waals surface area contributed by atoms with Crippen LogP contribution in [0.2, 0.25) is 0 Å². The molecule has 0 amide bonds. The monoisotopic (exact) mass is 205 g/mol. The molecule has 0 aliphatic heterocycles. The van der Waals surface area contributed by atoms with Crippen molar-refractivity contribution >= 4 is 0 Å². The second-order valence-electron chi connectivity index (χ2n) is 2.13. The number of nitrogens with zero attached hydrogens (tertiary/aromatic N) is 3. The molecule has 0 aliphatic carbocycles. The molecule has 0 aromatic carbocycles. The normalized spacial score (nSPS) is 7.20. The molecule has 0 bridgehead atoms. The van der Waals surface area contributed by atoms with E-state index < -0.39 is 0 Å². The molecule has 0 saturated carbocycles. The molecular weight excluding hydrogens is 194 g/mol. The van der Waals surface area contributed by atoms with E-state index in [0.717, 1.165) is 0 Å². The Morgan fingerprint density at radius 3 is 1.07 bits per heavy atom. The Balaban J connectivity index is 0.000000210. The van der Waals surface area contributed by atoms with Crippen LogP contribution >= 0.6 is 0 Å². The van der Waals surface area contributed by atoms with Crippen molar-refractivity contribution in [1.82, 2.24) is 9.97 Å². The summed E-state index contributed by atoms with van der Waals surface area (Å²) < 4.78 is 0. The Kier molecular flexibility index (Phi) is 9.91. The maximum absolute atomic E-state index is 8.11. The van der Waals surface area contributed by atoms with Crippen molar-refractivity contribution in [2.75, 3.05) is 0 Å². The van der Waals surface area contributed by atoms with E-state index in [1.807, 2.05) is 36.4 Å². The first-order valence-corrected chi connectivity index (χ1v) is 4.08. The fourth-order valence-electron chi connectivity index (χ4n) is 0.625. The summed E-state index contributed by atoms with van der Waals surface area (Å²) in [5, 5.41) is 7.89. The number of pyridine rings is 2. The van der Waals surface area contributed by atoms with Gasteiger partial charge in [0, 0.05) is 24.8 Å². The molecule has 15 heavy (non-hydrogen) atoms. The van der Waals surface area contributed by atoms with Crippen LogP contribution in [-0.4, -0.2) is 15.2 Å². The zero-order chi connectivity index (χ0) is 11.2. The summed E-state index contributed by atoms with van der Waals surface area (Å²) in [4.78, 5) is 15.7. The highest BCUT2D eigenvalue weighted by Gasteiger charge is 1.59. The Morgan fingerprint density at radius 2 is 1.00 bits per heavy atom. The first kappa shape index (κ1) is 12.7. The van der Waals surface area contributed by atoms with Crippen LogP contribution in [0.15, 0.2) is 66.5 Å². The molecule has 0 aliphatic rings. The van der Waals surface area contributed by atoms with E-state index in [1.54, 1.807) is 24.8 Å². The van der Waals surface area contributed by atoms with Crippen LogP contribution in [0.1, 0.15) is 0 Å². The van der Waals surface area contributed by atoms with Gasteiger partial charge in [0.15, 0.2) is 5.34 Å². The van der Waals surface area contributed by atoms with Crippen molar-refractivity contribution in [3.05, 3.63) is 66.1 Å². The van der Waals surface area contributed by atoms with Gasteiger partial charge in [0.1, 0.15) is 0 Å². The van der Waals surface area contributed by atoms with Crippen LogP contribution in [0.5, 0.6) is 0 Å². The van der Waals surface area contributed by atoms with E-state index in [2.05, 4.69) is 9.97 Å². The van der Waals surface area contributed by atoms with E-state index in [-0.39, 0.29) is 0 Å². The second kappa shape index (κ2) is 11.7. The fourth-order valence-corrected chi connectivity index (χ4v) is 0.625. The highest BCUT2D eigenvalue weighted by Crippen LogP contribution is 1.74. The molecule has 0 radical (unpaired) electrons. The maximum atomic E-state index is 8.11. The molecule has 2 aromatic rings. The molecule has 2 aromatic heterocycles. The van der Waals surface area contributed by atoms with Crippen molar-refractivity contribution in [3.8, 4) is 0 Å². The second-order valence-corrected chi connectivity index (χ2v) is 2.13. The van der Waals surface area contributed by atoms with Gasteiger partial charge in [-0.05, 0) is 24.3 Å². The van der Waals surface area contributed by atoms with Gasteiger partial charge >= 0.3 is 0 Å². The molecule has 1 N–H and O–H groups in total. The molecule has 0 atom stereocenters. The summed E-state index contributed by atoms with van der Waals surface area (Å²) in [7, 11) is 0. The van der Waals surface area contributed by atoms with Gasteiger partial charge in [-0.25, -0.2) is 0 Å². The first-order valence-electron chi connectivity index (χ1n) is 4.08. The van der Waals surface area contributed by atoms with Crippen molar-refractivity contribution < 1.29 is 5.21 Å². The first-order chi connectivity index (χ1) is 7.41. The van der Waals surface area contributed by atoms with Crippen molar-refractivity contribution in [2.45, 2.75) is 0 Å². The van der Waals surface area contributed by atoms with Gasteiger partial charge in [-0.15, -0.1) is 4.91 Å². The average molecular weight is 205 g/mol. The van der Waals surface area contributed by atoms with Crippen molar-refractivity contribution in [2.24, 2.45) is 5.34 Å². The number of aromatic nitrogens is 2. The third-order valence-electron chi connectivity index (χ3n) is 1.13. The smallest absolute Gasteiger partial charge is 0.152 e. The molecule has 0 spiro atoms. The Bertz CT molecular complexity index is 231. The maximum Gasteiger partial charge on any atom is 0.152 e. The number of hydrogen-bond donors (Lipinski definition) is 1. The quantitative estimate of drug-likeness (QED) is 0.529. The zero-order valence-electron chi connectivity index (χ0n) is 7.97. The molecule has 5 heteroatoms. The minimum atomic E-state index is 1.25. The van der Waals surface area contributed by atoms with E-state index in [9.17, 15) is 0 Å². The van der Waals surface area contributed by atoms with Crippen LogP contribution < -0.4 is 0 Å². The van der Waals surface area contributed by atoms with Gasteiger partial charge in [-0.1, -0.05) is 12.1 Å². The van der Waals surface area contributed by atoms with Gasteiger partial charge < -0.3 is 5.21 Å². The topological polar surface area (TPSA) is 75.4 Å². The Hall–Kier alpha value is -2.30. The van der Waals surface area contributed by atoms with Crippen LogP contribution in [0.4, 0.5) is 0 Å². The molecule has 2 heterocycles. The standard InChI is InChI=1S/2C5H5N.HNO2/c2*1-2-4-6-5-3-1;2-1-3/h2*1-5H;(H,2,3). The summed E-state index contributed by atoms with van der Waals surface area (Å²) in [6.07, 6.45) is 7.00. The predicted molar refractivity (Wildman–Crippen MR) is 56.1 cm³/mol. The lowest BCUT2D eigenvalue weighted by Crippen LogP contribution is -1.58. The SMILES string of the molecule is O=NO.c1ccncc1.c1ccncc1. The van der Waals surface area contributed by atoms with E-state index >= 15 is 0 Å². The Labute approximate surface area is 87.4 Å². The lowest BCUT2D eigenvalue weighted by atomic mass is 10.5. The van der Waals surface area contributed by atoms with Crippen LogP contribution in [0.3, 0.4) is 0 Å². The predicted octanol–water partition coefficient (Wildman–Crippen LogP) is 2.31. The third kappa shape index (κ3) is 11.7. The lowest BCUT2D eigenvalue weighted by molar-refractivity contribution is 0.312. The molecule has 78 valence electrons. The van der Waals surface area contributed by atoms with Crippen LogP contribution in [0.25, 0.3) is 0 Å². The molecule has 0 saturated heterocycles. The number of rotatable bonds is 0. The molecule has 5 nitrogen and oxygen atoms in total. The molecule has 2 rings (SSSR count). The highest BCUT2D eigenvalue weighted by atomic mass is 16.6. The average Bonchev–Trinajstić information content (AvgIpc) is 2.35. The number of hydrogen-bond acceptors (Lipinski definition) is 4. The largest absolute Gasteiger partial charge is 0.379 e. The fraction of sp³-hybridized carbons (Fsp3) is 0. The summed E-state index contributed by atoms with van der Waals surface area (Å²) >= 11 is 0. The van der Waals surface area contributed by atoms with Crippen molar-refractivity contribution in [1.29, 1.82) is 0 Å². The highest BCUT2D eigenvalue weighted by molar-refractivity contribution is 4.88. The summed E-state index contributed by atoms with van der Waals surface area (Å²) in [5.74, 6) is 0. The van der Waals surface area contributed by atoms with Crippen molar-refractivity contribution in [3.63, 3.8) is 0 Å². The van der Waals surface area contributed by atoms with Crippen LogP contribution in [-0.2, 0) is 0 Å². The van der Waals surface area contributed by atoms with Gasteiger partial charge in [-0.3, -0.25) is 9.97 Å². The van der Waals surface area contributed by atoms with E-state index in [4.69, 9.17) is 10.1 Å². The Morgan fingerprint density at radius 1 is 0.733 bits per heavy atom. The van der Waals surface area contributed by atoms with Gasteiger partial charge in [-0.2, -0.15) is 0 Å². The van der Waals surface area contributed by atoms with Crippen LogP contribution in [0, 0.1) is 4.91 Å². The lowest BCUT2D eigenvalue weighted by Gasteiger charge is -1.70. The van der Waals surface area contributed by atoms with Gasteiger partial charge in [0.2, 0.25) is 0 Å². The van der Waals surface area contributed by atoms with E-state index in [0.29, 0.717) is 0 Å².